The summed E-state index contributed by atoms with van der Waals surface area (Å²) in [5.74, 6) is -0.289. The van der Waals surface area contributed by atoms with E-state index in [2.05, 4.69) is 22.4 Å². The summed E-state index contributed by atoms with van der Waals surface area (Å²) in [5, 5.41) is 2.24. The Labute approximate surface area is 89.6 Å². The molecule has 0 aliphatic heterocycles. The molecule has 0 bridgehead atoms. The van der Waals surface area contributed by atoms with Gasteiger partial charge in [0.2, 0.25) is 0 Å². The average Bonchev–Trinajstić information content (AvgIpc) is 2.13. The highest BCUT2D eigenvalue weighted by molar-refractivity contribution is 7.78. The molecule has 0 aromatic heterocycles. The van der Waals surface area contributed by atoms with Crippen LogP contribution in [0.3, 0.4) is 0 Å². The molecule has 0 heterocycles. The van der Waals surface area contributed by atoms with Crippen molar-refractivity contribution in [1.29, 1.82) is 0 Å². The molecule has 3 nitrogen and oxygen atoms in total. The van der Waals surface area contributed by atoms with E-state index in [0.29, 0.717) is 6.42 Å². The molecule has 0 aliphatic carbocycles. The summed E-state index contributed by atoms with van der Waals surface area (Å²) in [6.45, 7) is 5.03. The molecule has 4 heteroatoms. The summed E-state index contributed by atoms with van der Waals surface area (Å²) in [6.07, 6.45) is 0.714. The topological polar surface area (TPSA) is 46.5 Å². The summed E-state index contributed by atoms with van der Waals surface area (Å²) in [4.78, 5) is 26.3. The molecule has 0 aliphatic rings. The molecule has 0 rings (SSSR count). The highest BCUT2D eigenvalue weighted by Crippen LogP contribution is 2.14. The molecule has 2 unspecified atom stereocenters. The van der Waals surface area contributed by atoms with Crippen LogP contribution in [0.5, 0.6) is 0 Å². The monoisotopic (exact) mass is 213 g/mol. The Morgan fingerprint density at radius 3 is 2.43 bits per heavy atom. The summed E-state index contributed by atoms with van der Waals surface area (Å²) in [7, 11) is 0. The van der Waals surface area contributed by atoms with Crippen LogP contribution in [0, 0.1) is 5.92 Å². The van der Waals surface area contributed by atoms with Crippen molar-refractivity contribution in [2.75, 3.05) is 0 Å². The molecule has 0 saturated heterocycles. The molecule has 0 fully saturated rings. The Balaban J connectivity index is 4.51. The number of ketones is 2. The van der Waals surface area contributed by atoms with Gasteiger partial charge in [-0.1, -0.05) is 6.92 Å². The maximum Gasteiger partial charge on any atom is 0.135 e. The average molecular weight is 213 g/mol. The van der Waals surface area contributed by atoms with Crippen molar-refractivity contribution in [3.05, 3.63) is 0 Å². The van der Waals surface area contributed by atoms with E-state index in [1.807, 2.05) is 0 Å². The Morgan fingerprint density at radius 1 is 1.50 bits per heavy atom. The van der Waals surface area contributed by atoms with E-state index in [9.17, 15) is 9.59 Å². The van der Waals surface area contributed by atoms with Gasteiger partial charge >= 0.3 is 0 Å². The van der Waals surface area contributed by atoms with Gasteiger partial charge in [0.05, 0.1) is 11.2 Å². The van der Waals surface area contributed by atoms with Gasteiger partial charge in [-0.2, -0.15) is 0 Å². The molecule has 14 heavy (non-hydrogen) atoms. The van der Waals surface area contributed by atoms with E-state index in [1.54, 1.807) is 13.8 Å². The van der Waals surface area contributed by atoms with Gasteiger partial charge in [-0.15, -0.1) is 0 Å². The number of carbonyl (C=O) groups excluding carboxylic acids is 2. The Bertz CT molecular complexity index is 269. The third-order valence-electron chi connectivity index (χ3n) is 2.20. The number of hydrogen-bond acceptors (Lipinski definition) is 4. The lowest BCUT2D eigenvalue weighted by molar-refractivity contribution is -0.127. The van der Waals surface area contributed by atoms with Gasteiger partial charge in [0, 0.05) is 18.8 Å². The molecule has 0 spiro atoms. The second kappa shape index (κ2) is 6.57. The zero-order valence-corrected chi connectivity index (χ0v) is 9.56. The zero-order valence-electron chi connectivity index (χ0n) is 8.74. The maximum atomic E-state index is 11.2. The van der Waals surface area contributed by atoms with Crippen LogP contribution in [0.2, 0.25) is 0 Å². The highest BCUT2D eigenvalue weighted by Gasteiger charge is 2.23. The van der Waals surface area contributed by atoms with Crippen molar-refractivity contribution in [3.63, 3.8) is 0 Å². The quantitative estimate of drug-likeness (QED) is 0.501. The Morgan fingerprint density at radius 2 is 2.07 bits per heavy atom. The fraction of sp³-hybridized carbons (Fsp3) is 0.700. The number of Topliss-reactive ketones (excluding diaryl/α,β-unsaturated/α-hetero) is 2. The zero-order chi connectivity index (χ0) is 11.1. The van der Waals surface area contributed by atoms with Gasteiger partial charge in [-0.3, -0.25) is 9.59 Å². The Hall–Kier alpha value is -0.860. The van der Waals surface area contributed by atoms with Crippen LogP contribution < -0.4 is 0 Å². The molecular weight excluding hydrogens is 198 g/mol. The summed E-state index contributed by atoms with van der Waals surface area (Å²) >= 11 is 4.46. The number of thiocarbonyl (C=S) groups is 1. The van der Waals surface area contributed by atoms with Gasteiger partial charge < -0.3 is 0 Å². The first-order valence-corrected chi connectivity index (χ1v) is 5.02. The third kappa shape index (κ3) is 4.40. The molecule has 2 atom stereocenters. The predicted octanol–water partition coefficient (Wildman–Crippen LogP) is 2.05. The van der Waals surface area contributed by atoms with Crippen molar-refractivity contribution in [3.8, 4) is 0 Å². The number of nitrogens with zero attached hydrogens (tertiary/aromatic N) is 1. The van der Waals surface area contributed by atoms with E-state index in [-0.39, 0.29) is 29.9 Å². The first-order chi connectivity index (χ1) is 6.52. The van der Waals surface area contributed by atoms with Gasteiger partial charge in [-0.25, -0.2) is 4.99 Å². The minimum Gasteiger partial charge on any atom is -0.300 e. The van der Waals surface area contributed by atoms with Crippen molar-refractivity contribution in [2.45, 2.75) is 39.7 Å². The third-order valence-corrected chi connectivity index (χ3v) is 2.31. The van der Waals surface area contributed by atoms with E-state index in [0.717, 1.165) is 0 Å². The second-order valence-corrected chi connectivity index (χ2v) is 3.46. The number of aliphatic imine (C=N–C) groups is 1. The number of hydrogen-bond donors (Lipinski definition) is 0. The number of carbonyl (C=O) groups is 2. The van der Waals surface area contributed by atoms with Crippen LogP contribution in [0.4, 0.5) is 0 Å². The van der Waals surface area contributed by atoms with Crippen LogP contribution >= 0.6 is 12.2 Å². The summed E-state index contributed by atoms with van der Waals surface area (Å²) in [6, 6.07) is -0.250. The minimum absolute atomic E-state index is 0.0201. The fourth-order valence-electron chi connectivity index (χ4n) is 1.22. The molecular formula is C10H15NO2S. The van der Waals surface area contributed by atoms with E-state index < -0.39 is 0 Å². The van der Waals surface area contributed by atoms with E-state index in [4.69, 9.17) is 0 Å². The highest BCUT2D eigenvalue weighted by atomic mass is 32.1. The van der Waals surface area contributed by atoms with E-state index in [1.165, 1.54) is 6.92 Å². The number of isothiocyanates is 1. The second-order valence-electron chi connectivity index (χ2n) is 3.27. The molecule has 0 radical (unpaired) electrons. The molecule has 0 amide bonds. The van der Waals surface area contributed by atoms with Gasteiger partial charge in [0.25, 0.3) is 0 Å². The molecule has 0 aromatic rings. The van der Waals surface area contributed by atoms with Crippen LogP contribution in [0.1, 0.15) is 33.6 Å². The van der Waals surface area contributed by atoms with Crippen molar-refractivity contribution < 1.29 is 9.59 Å². The van der Waals surface area contributed by atoms with Gasteiger partial charge in [-0.05, 0) is 26.1 Å². The fourth-order valence-corrected chi connectivity index (χ4v) is 1.38. The summed E-state index contributed by atoms with van der Waals surface area (Å²) in [5.41, 5.74) is 0. The SMILES string of the molecule is CCC(=O)CC(C(C)=O)C(C)N=C=S. The first-order valence-electron chi connectivity index (χ1n) is 4.62. The van der Waals surface area contributed by atoms with Crippen LogP contribution in [-0.2, 0) is 9.59 Å². The van der Waals surface area contributed by atoms with Crippen LogP contribution in [0.15, 0.2) is 4.99 Å². The maximum absolute atomic E-state index is 11.2. The van der Waals surface area contributed by atoms with Crippen molar-refractivity contribution >= 4 is 28.9 Å². The number of rotatable bonds is 6. The predicted molar refractivity (Wildman–Crippen MR) is 58.6 cm³/mol. The molecule has 0 saturated carbocycles. The summed E-state index contributed by atoms with van der Waals surface area (Å²) < 4.78 is 0. The molecule has 0 aromatic carbocycles. The van der Waals surface area contributed by atoms with Crippen LogP contribution in [0.25, 0.3) is 0 Å². The molecule has 78 valence electrons. The van der Waals surface area contributed by atoms with E-state index >= 15 is 0 Å². The van der Waals surface area contributed by atoms with Gasteiger partial charge in [0.15, 0.2) is 0 Å². The lowest BCUT2D eigenvalue weighted by Gasteiger charge is -2.15. The normalized spacial score (nSPS) is 13.9. The molecule has 0 N–H and O–H groups in total. The van der Waals surface area contributed by atoms with Crippen molar-refractivity contribution in [1.82, 2.24) is 0 Å². The van der Waals surface area contributed by atoms with Crippen molar-refractivity contribution in [2.24, 2.45) is 10.9 Å². The lowest BCUT2D eigenvalue weighted by Crippen LogP contribution is -2.25. The lowest BCUT2D eigenvalue weighted by atomic mass is 9.91. The standard InChI is InChI=1S/C10H15NO2S/c1-4-9(13)5-10(8(3)12)7(2)11-6-14/h7,10H,4-5H2,1-3H3. The largest absolute Gasteiger partial charge is 0.300 e. The first kappa shape index (κ1) is 13.1. The van der Waals surface area contributed by atoms with Gasteiger partial charge in [0.1, 0.15) is 11.6 Å². The Kier molecular flexibility index (Phi) is 6.17. The smallest absolute Gasteiger partial charge is 0.135 e. The van der Waals surface area contributed by atoms with Crippen LogP contribution in [-0.4, -0.2) is 22.8 Å². The minimum atomic E-state index is -0.349.